The Morgan fingerprint density at radius 2 is 2.00 bits per heavy atom. The molecule has 194 valence electrons. The van der Waals surface area contributed by atoms with E-state index >= 15 is 0 Å². The van der Waals surface area contributed by atoms with Crippen LogP contribution < -0.4 is 15.7 Å². The van der Waals surface area contributed by atoms with Gasteiger partial charge in [-0.25, -0.2) is 15.2 Å². The van der Waals surface area contributed by atoms with Gasteiger partial charge in [0.1, 0.15) is 10.6 Å². The number of hydrogen-bond donors (Lipinski definition) is 2. The van der Waals surface area contributed by atoms with Crippen molar-refractivity contribution in [2.24, 2.45) is 5.10 Å². The summed E-state index contributed by atoms with van der Waals surface area (Å²) in [5.41, 5.74) is 4.45. The Hall–Kier alpha value is -3.96. The summed E-state index contributed by atoms with van der Waals surface area (Å²) >= 11 is 2.68. The molecule has 38 heavy (non-hydrogen) atoms. The Kier molecular flexibility index (Phi) is 7.57. The molecule has 2 heterocycles. The minimum Gasteiger partial charge on any atom is -0.494 e. The Morgan fingerprint density at radius 1 is 1.21 bits per heavy atom. The fraction of sp³-hybridized carbons (Fsp3) is 0.222. The molecule has 4 aromatic rings. The number of ether oxygens (including phenoxy) is 1. The number of aromatic nitrogens is 2. The van der Waals surface area contributed by atoms with Crippen molar-refractivity contribution in [2.45, 2.75) is 31.3 Å². The number of thiophene rings is 1. The second kappa shape index (κ2) is 11.2. The number of hydrazone groups is 1. The standard InChI is InChI=1S/C27H24N4O5S2/c1-2-36-18-12-10-17(11-13-18)31-25(33)23-20-8-5-9-21(20)38-24(23)29-27(31)37-15-22(32)30-28-14-16-6-3-4-7-19(16)26(34)35/h3-4,6-7,10-14H,2,5,8-9,15H2,1H3,(H,30,32)(H,34,35). The molecule has 9 nitrogen and oxygen atoms in total. The smallest absolute Gasteiger partial charge is 0.336 e. The molecule has 0 bridgehead atoms. The number of carbonyl (C=O) groups is 2. The van der Waals surface area contributed by atoms with Crippen LogP contribution in [0.25, 0.3) is 15.9 Å². The number of hydrogen-bond acceptors (Lipinski definition) is 8. The van der Waals surface area contributed by atoms with Crippen LogP contribution in [0.4, 0.5) is 0 Å². The number of nitrogens with zero attached hydrogens (tertiary/aromatic N) is 3. The van der Waals surface area contributed by atoms with Crippen molar-refractivity contribution in [3.63, 3.8) is 0 Å². The van der Waals surface area contributed by atoms with Crippen LogP contribution in [0.15, 0.2) is 63.6 Å². The highest BCUT2D eigenvalue weighted by Crippen LogP contribution is 2.36. The summed E-state index contributed by atoms with van der Waals surface area (Å²) in [5, 5.41) is 14.3. The van der Waals surface area contributed by atoms with E-state index in [0.717, 1.165) is 36.6 Å². The van der Waals surface area contributed by atoms with Crippen molar-refractivity contribution in [1.29, 1.82) is 0 Å². The van der Waals surface area contributed by atoms with Crippen LogP contribution in [0.3, 0.4) is 0 Å². The zero-order chi connectivity index (χ0) is 26.6. The molecule has 1 aliphatic carbocycles. The van der Waals surface area contributed by atoms with Crippen molar-refractivity contribution in [2.75, 3.05) is 12.4 Å². The minimum atomic E-state index is -1.08. The van der Waals surface area contributed by atoms with Gasteiger partial charge >= 0.3 is 5.97 Å². The molecular formula is C27H24N4O5S2. The van der Waals surface area contributed by atoms with Crippen molar-refractivity contribution in [3.8, 4) is 11.4 Å². The largest absolute Gasteiger partial charge is 0.494 e. The lowest BCUT2D eigenvalue weighted by atomic mass is 10.1. The van der Waals surface area contributed by atoms with Gasteiger partial charge in [-0.1, -0.05) is 30.0 Å². The average Bonchev–Trinajstić information content (AvgIpc) is 3.50. The number of fused-ring (bicyclic) bond motifs is 3. The lowest BCUT2D eigenvalue weighted by Gasteiger charge is -2.13. The van der Waals surface area contributed by atoms with E-state index in [1.165, 1.54) is 17.2 Å². The Labute approximate surface area is 226 Å². The molecule has 11 heteroatoms. The number of amides is 1. The van der Waals surface area contributed by atoms with Gasteiger partial charge in [-0.15, -0.1) is 11.3 Å². The molecule has 0 unspecified atom stereocenters. The van der Waals surface area contributed by atoms with E-state index in [1.54, 1.807) is 58.4 Å². The summed E-state index contributed by atoms with van der Waals surface area (Å²) in [5.74, 6) is -0.842. The highest BCUT2D eigenvalue weighted by atomic mass is 32.2. The Bertz CT molecular complexity index is 1610. The van der Waals surface area contributed by atoms with Gasteiger partial charge in [0.2, 0.25) is 0 Å². The van der Waals surface area contributed by atoms with E-state index in [-0.39, 0.29) is 16.9 Å². The van der Waals surface area contributed by atoms with Gasteiger partial charge in [-0.2, -0.15) is 5.10 Å². The summed E-state index contributed by atoms with van der Waals surface area (Å²) in [4.78, 5) is 44.4. The maximum absolute atomic E-state index is 13.8. The van der Waals surface area contributed by atoms with E-state index < -0.39 is 11.9 Å². The molecule has 2 aromatic heterocycles. The molecule has 2 N–H and O–H groups in total. The van der Waals surface area contributed by atoms with Crippen LogP contribution >= 0.6 is 23.1 Å². The zero-order valence-electron chi connectivity index (χ0n) is 20.5. The van der Waals surface area contributed by atoms with E-state index in [9.17, 15) is 19.5 Å². The third-order valence-electron chi connectivity index (χ3n) is 6.03. The van der Waals surface area contributed by atoms with Crippen LogP contribution in [-0.2, 0) is 17.6 Å². The summed E-state index contributed by atoms with van der Waals surface area (Å²) < 4.78 is 7.09. The van der Waals surface area contributed by atoms with Crippen molar-refractivity contribution in [3.05, 3.63) is 80.5 Å². The normalized spacial score (nSPS) is 12.7. The third kappa shape index (κ3) is 5.20. The van der Waals surface area contributed by atoms with Gasteiger partial charge in [-0.05, 0) is 62.1 Å². The number of rotatable bonds is 9. The molecule has 0 saturated heterocycles. The van der Waals surface area contributed by atoms with Gasteiger partial charge in [0.05, 0.1) is 35.2 Å². The first kappa shape index (κ1) is 25.7. The minimum absolute atomic E-state index is 0.0437. The molecule has 1 amide bonds. The lowest BCUT2D eigenvalue weighted by molar-refractivity contribution is -0.118. The van der Waals surface area contributed by atoms with Crippen LogP contribution in [0, 0.1) is 0 Å². The summed E-state index contributed by atoms with van der Waals surface area (Å²) in [6.45, 7) is 2.44. The van der Waals surface area contributed by atoms with Crippen LogP contribution in [0.1, 0.15) is 39.7 Å². The monoisotopic (exact) mass is 548 g/mol. The van der Waals surface area contributed by atoms with E-state index in [2.05, 4.69) is 10.5 Å². The van der Waals surface area contributed by atoms with Crippen molar-refractivity contribution in [1.82, 2.24) is 15.0 Å². The predicted octanol–water partition coefficient (Wildman–Crippen LogP) is 4.28. The van der Waals surface area contributed by atoms with Crippen molar-refractivity contribution >= 4 is 51.4 Å². The number of aryl methyl sites for hydroxylation is 2. The molecule has 0 fully saturated rings. The van der Waals surface area contributed by atoms with Crippen LogP contribution in [0.2, 0.25) is 0 Å². The first-order valence-corrected chi connectivity index (χ1v) is 13.8. The molecule has 0 radical (unpaired) electrons. The number of benzene rings is 2. The second-order valence-electron chi connectivity index (χ2n) is 8.47. The van der Waals surface area contributed by atoms with E-state index in [1.807, 2.05) is 6.92 Å². The van der Waals surface area contributed by atoms with Gasteiger partial charge in [0.15, 0.2) is 5.16 Å². The molecular weight excluding hydrogens is 524 g/mol. The Morgan fingerprint density at radius 3 is 2.76 bits per heavy atom. The molecule has 0 aliphatic heterocycles. The van der Waals surface area contributed by atoms with E-state index in [0.29, 0.717) is 39.0 Å². The number of nitrogens with one attached hydrogen (secondary N) is 1. The number of aromatic carboxylic acids is 1. The number of carboxylic acids is 1. The Balaban J connectivity index is 1.40. The molecule has 0 saturated carbocycles. The topological polar surface area (TPSA) is 123 Å². The van der Waals surface area contributed by atoms with Gasteiger partial charge in [0.25, 0.3) is 11.5 Å². The average molecular weight is 549 g/mol. The van der Waals surface area contributed by atoms with Crippen LogP contribution in [-0.4, -0.2) is 45.1 Å². The fourth-order valence-electron chi connectivity index (χ4n) is 4.35. The maximum atomic E-state index is 13.8. The molecule has 0 atom stereocenters. The van der Waals surface area contributed by atoms with E-state index in [4.69, 9.17) is 9.72 Å². The summed E-state index contributed by atoms with van der Waals surface area (Å²) in [6, 6.07) is 13.6. The first-order chi connectivity index (χ1) is 18.5. The maximum Gasteiger partial charge on any atom is 0.336 e. The summed E-state index contributed by atoms with van der Waals surface area (Å²) in [6.07, 6.45) is 4.15. The molecule has 0 spiro atoms. The summed E-state index contributed by atoms with van der Waals surface area (Å²) in [7, 11) is 0. The lowest BCUT2D eigenvalue weighted by Crippen LogP contribution is -2.24. The second-order valence-corrected chi connectivity index (χ2v) is 10.5. The SMILES string of the molecule is CCOc1ccc(-n2c(SCC(=O)NN=Cc3ccccc3C(=O)O)nc3sc4c(c3c2=O)CCC4)cc1. The first-order valence-electron chi connectivity index (χ1n) is 12.0. The number of carboxylic acid groups (broad SMARTS) is 1. The van der Waals surface area contributed by atoms with Crippen LogP contribution in [0.5, 0.6) is 5.75 Å². The number of thioether (sulfide) groups is 1. The van der Waals surface area contributed by atoms with Crippen molar-refractivity contribution < 1.29 is 19.4 Å². The molecule has 5 rings (SSSR count). The molecule has 1 aliphatic rings. The highest BCUT2D eigenvalue weighted by Gasteiger charge is 2.24. The fourth-order valence-corrected chi connectivity index (χ4v) is 6.46. The van der Waals surface area contributed by atoms with Gasteiger partial charge in [0, 0.05) is 10.4 Å². The van der Waals surface area contributed by atoms with Gasteiger partial charge < -0.3 is 9.84 Å². The van der Waals surface area contributed by atoms with Gasteiger partial charge in [-0.3, -0.25) is 14.2 Å². The zero-order valence-corrected chi connectivity index (χ0v) is 22.1. The molecule has 2 aromatic carbocycles. The quantitative estimate of drug-likeness (QED) is 0.139. The number of carbonyl (C=O) groups excluding carboxylic acids is 1. The highest BCUT2D eigenvalue weighted by molar-refractivity contribution is 7.99. The predicted molar refractivity (Wildman–Crippen MR) is 148 cm³/mol. The third-order valence-corrected chi connectivity index (χ3v) is 8.15.